The summed E-state index contributed by atoms with van der Waals surface area (Å²) in [6.07, 6.45) is 8.85. The van der Waals surface area contributed by atoms with Crippen LogP contribution in [0.2, 0.25) is 0 Å². The molecule has 26 heavy (non-hydrogen) atoms. The Morgan fingerprint density at radius 1 is 1.23 bits per heavy atom. The van der Waals surface area contributed by atoms with Gasteiger partial charge in [-0.3, -0.25) is 14.8 Å². The maximum atomic E-state index is 12.5. The standard InChI is InChI=1S/C20H23N3O3/c24-19(17-2-1-7-22-12-17)23-14-20(15-23)18(6-11-26-20)5-10-25-13-16-3-8-21-9-4-16/h1-4,7-9,12,18H,5-6,10-11,13-15H2/t18-/m0/s1. The molecule has 2 aromatic rings. The fraction of sp³-hybridized carbons (Fsp3) is 0.450. The molecule has 0 aliphatic carbocycles. The number of hydrogen-bond acceptors (Lipinski definition) is 5. The Morgan fingerprint density at radius 3 is 2.85 bits per heavy atom. The van der Waals surface area contributed by atoms with Gasteiger partial charge in [-0.25, -0.2) is 0 Å². The van der Waals surface area contributed by atoms with Crippen molar-refractivity contribution in [1.82, 2.24) is 14.9 Å². The maximum Gasteiger partial charge on any atom is 0.255 e. The highest BCUT2D eigenvalue weighted by Crippen LogP contribution is 2.42. The molecular weight excluding hydrogens is 330 g/mol. The molecule has 1 spiro atoms. The molecule has 2 aliphatic rings. The Morgan fingerprint density at radius 2 is 2.08 bits per heavy atom. The zero-order valence-corrected chi connectivity index (χ0v) is 14.7. The van der Waals surface area contributed by atoms with Crippen molar-refractivity contribution >= 4 is 5.91 Å². The second-order valence-corrected chi connectivity index (χ2v) is 7.00. The summed E-state index contributed by atoms with van der Waals surface area (Å²) in [5.74, 6) is 0.477. The van der Waals surface area contributed by atoms with Gasteiger partial charge in [0.1, 0.15) is 5.60 Å². The fourth-order valence-corrected chi connectivity index (χ4v) is 3.85. The molecular formula is C20H23N3O3. The molecule has 6 heteroatoms. The molecule has 136 valence electrons. The molecule has 0 bridgehead atoms. The Bertz CT molecular complexity index is 732. The highest BCUT2D eigenvalue weighted by molar-refractivity contribution is 5.94. The summed E-state index contributed by atoms with van der Waals surface area (Å²) in [5, 5.41) is 0. The minimum atomic E-state index is -0.183. The molecule has 2 fully saturated rings. The van der Waals surface area contributed by atoms with Gasteiger partial charge in [-0.2, -0.15) is 0 Å². The van der Waals surface area contributed by atoms with Gasteiger partial charge < -0.3 is 14.4 Å². The van der Waals surface area contributed by atoms with E-state index >= 15 is 0 Å². The third kappa shape index (κ3) is 3.48. The fourth-order valence-electron chi connectivity index (χ4n) is 3.85. The molecule has 0 N–H and O–H groups in total. The Kier molecular flexibility index (Phi) is 4.95. The lowest BCUT2D eigenvalue weighted by Crippen LogP contribution is -2.66. The van der Waals surface area contributed by atoms with Gasteiger partial charge in [-0.05, 0) is 48.6 Å². The molecule has 1 amide bonds. The number of ether oxygens (including phenoxy) is 2. The first-order valence-corrected chi connectivity index (χ1v) is 9.07. The van der Waals surface area contributed by atoms with E-state index in [-0.39, 0.29) is 11.5 Å². The molecule has 0 unspecified atom stereocenters. The van der Waals surface area contributed by atoms with Crippen molar-refractivity contribution in [3.05, 3.63) is 60.2 Å². The highest BCUT2D eigenvalue weighted by atomic mass is 16.5. The average Bonchev–Trinajstić information content (AvgIpc) is 3.09. The molecule has 6 nitrogen and oxygen atoms in total. The van der Waals surface area contributed by atoms with Gasteiger partial charge in [0.25, 0.3) is 5.91 Å². The topological polar surface area (TPSA) is 64.6 Å². The van der Waals surface area contributed by atoms with Crippen LogP contribution < -0.4 is 0 Å². The van der Waals surface area contributed by atoms with Crippen molar-refractivity contribution in [3.8, 4) is 0 Å². The molecule has 2 aliphatic heterocycles. The molecule has 0 saturated carbocycles. The van der Waals surface area contributed by atoms with Crippen LogP contribution in [0.5, 0.6) is 0 Å². The van der Waals surface area contributed by atoms with Crippen molar-refractivity contribution < 1.29 is 14.3 Å². The van der Waals surface area contributed by atoms with Crippen molar-refractivity contribution in [1.29, 1.82) is 0 Å². The molecule has 0 radical (unpaired) electrons. The van der Waals surface area contributed by atoms with Crippen LogP contribution in [0, 0.1) is 5.92 Å². The largest absolute Gasteiger partial charge is 0.377 e. The van der Waals surface area contributed by atoms with Crippen LogP contribution in [0.3, 0.4) is 0 Å². The second kappa shape index (κ2) is 7.51. The normalized spacial score (nSPS) is 20.9. The predicted molar refractivity (Wildman–Crippen MR) is 95.4 cm³/mol. The minimum Gasteiger partial charge on any atom is -0.377 e. The van der Waals surface area contributed by atoms with Crippen LogP contribution in [0.25, 0.3) is 0 Å². The molecule has 4 heterocycles. The molecule has 4 rings (SSSR count). The highest BCUT2D eigenvalue weighted by Gasteiger charge is 2.54. The van der Waals surface area contributed by atoms with Gasteiger partial charge >= 0.3 is 0 Å². The second-order valence-electron chi connectivity index (χ2n) is 7.00. The predicted octanol–water partition coefficient (Wildman–Crippen LogP) is 2.31. The number of hydrogen-bond donors (Lipinski definition) is 0. The Hall–Kier alpha value is -2.31. The quantitative estimate of drug-likeness (QED) is 0.746. The number of carbonyl (C=O) groups excluding carboxylic acids is 1. The van der Waals surface area contributed by atoms with Crippen LogP contribution >= 0.6 is 0 Å². The van der Waals surface area contributed by atoms with Crippen LogP contribution in [-0.2, 0) is 16.1 Å². The van der Waals surface area contributed by atoms with Gasteiger partial charge in [0.2, 0.25) is 0 Å². The van der Waals surface area contributed by atoms with Gasteiger partial charge in [-0.1, -0.05) is 0 Å². The third-order valence-corrected chi connectivity index (χ3v) is 5.34. The smallest absolute Gasteiger partial charge is 0.255 e. The summed E-state index contributed by atoms with van der Waals surface area (Å²) in [6, 6.07) is 7.53. The first kappa shape index (κ1) is 17.1. The number of carbonyl (C=O) groups is 1. The number of nitrogens with zero attached hydrogens (tertiary/aromatic N) is 3. The zero-order chi connectivity index (χ0) is 17.8. The van der Waals surface area contributed by atoms with E-state index in [4.69, 9.17) is 9.47 Å². The van der Waals surface area contributed by atoms with E-state index in [2.05, 4.69) is 9.97 Å². The Balaban J connectivity index is 1.26. The first-order chi connectivity index (χ1) is 12.8. The summed E-state index contributed by atoms with van der Waals surface area (Å²) in [5.41, 5.74) is 1.59. The van der Waals surface area contributed by atoms with E-state index in [1.807, 2.05) is 17.0 Å². The van der Waals surface area contributed by atoms with E-state index in [9.17, 15) is 4.79 Å². The van der Waals surface area contributed by atoms with Crippen LogP contribution in [0.4, 0.5) is 0 Å². The molecule has 2 aromatic heterocycles. The third-order valence-electron chi connectivity index (χ3n) is 5.34. The number of rotatable bonds is 6. The van der Waals surface area contributed by atoms with E-state index in [1.54, 1.807) is 36.9 Å². The lowest BCUT2D eigenvalue weighted by Gasteiger charge is -2.50. The number of pyridine rings is 2. The monoisotopic (exact) mass is 353 g/mol. The first-order valence-electron chi connectivity index (χ1n) is 9.07. The maximum absolute atomic E-state index is 12.5. The SMILES string of the molecule is O=C(c1cccnc1)N1CC2(C1)OCC[C@@H]2CCOCc1ccncc1. The summed E-state index contributed by atoms with van der Waals surface area (Å²) in [6.45, 7) is 3.40. The van der Waals surface area contributed by atoms with Crippen LogP contribution in [0.1, 0.15) is 28.8 Å². The van der Waals surface area contributed by atoms with Crippen molar-refractivity contribution in [2.24, 2.45) is 5.92 Å². The zero-order valence-electron chi connectivity index (χ0n) is 14.7. The van der Waals surface area contributed by atoms with Crippen molar-refractivity contribution in [3.63, 3.8) is 0 Å². The van der Waals surface area contributed by atoms with Gasteiger partial charge in [-0.15, -0.1) is 0 Å². The number of amides is 1. The molecule has 2 saturated heterocycles. The van der Waals surface area contributed by atoms with E-state index in [1.165, 1.54) is 0 Å². The van der Waals surface area contributed by atoms with E-state index in [0.717, 1.165) is 25.0 Å². The minimum absolute atomic E-state index is 0.0342. The average molecular weight is 353 g/mol. The van der Waals surface area contributed by atoms with Crippen LogP contribution in [-0.4, -0.2) is 52.7 Å². The van der Waals surface area contributed by atoms with E-state index in [0.29, 0.717) is 37.8 Å². The lowest BCUT2D eigenvalue weighted by atomic mass is 9.79. The van der Waals surface area contributed by atoms with Gasteiger partial charge in [0.15, 0.2) is 0 Å². The summed E-state index contributed by atoms with van der Waals surface area (Å²) < 4.78 is 11.9. The van der Waals surface area contributed by atoms with Gasteiger partial charge in [0, 0.05) is 38.0 Å². The lowest BCUT2D eigenvalue weighted by molar-refractivity contribution is -0.120. The van der Waals surface area contributed by atoms with E-state index < -0.39 is 0 Å². The number of aromatic nitrogens is 2. The van der Waals surface area contributed by atoms with Crippen molar-refractivity contribution in [2.75, 3.05) is 26.3 Å². The van der Waals surface area contributed by atoms with Crippen LogP contribution in [0.15, 0.2) is 49.1 Å². The summed E-state index contributed by atoms with van der Waals surface area (Å²) >= 11 is 0. The molecule has 1 atom stereocenters. The molecule has 0 aromatic carbocycles. The summed E-state index contributed by atoms with van der Waals surface area (Å²) in [7, 11) is 0. The van der Waals surface area contributed by atoms with Crippen molar-refractivity contribution in [2.45, 2.75) is 25.0 Å². The van der Waals surface area contributed by atoms with Gasteiger partial charge in [0.05, 0.1) is 25.3 Å². The summed E-state index contributed by atoms with van der Waals surface area (Å²) in [4.78, 5) is 22.4. The number of likely N-dealkylation sites (tertiary alicyclic amines) is 1. The Labute approximate surface area is 153 Å².